The largest absolute Gasteiger partial charge is 0.495 e. The number of carbonyl (C=O) groups is 1. The van der Waals surface area contributed by atoms with Crippen molar-refractivity contribution in [1.29, 1.82) is 0 Å². The number of rotatable bonds is 10. The predicted octanol–water partition coefficient (Wildman–Crippen LogP) is 2.18. The summed E-state index contributed by atoms with van der Waals surface area (Å²) in [7, 11) is -2.29. The molecule has 9 heteroatoms. The maximum absolute atomic E-state index is 12.2. The molecule has 0 aliphatic rings. The number of para-hydroxylation sites is 2. The quantitative estimate of drug-likeness (QED) is 0.363. The second kappa shape index (κ2) is 10.3. The van der Waals surface area contributed by atoms with Gasteiger partial charge in [0.15, 0.2) is 0 Å². The lowest BCUT2D eigenvalue weighted by atomic mass is 10.2. The van der Waals surface area contributed by atoms with Gasteiger partial charge in [0.1, 0.15) is 24.7 Å². The molecule has 0 spiro atoms. The summed E-state index contributed by atoms with van der Waals surface area (Å²) in [5.74, 6) is 0.434. The fraction of sp³-hybridized carbons (Fsp3) is 0.200. The number of hydrogen-bond acceptors (Lipinski definition) is 6. The van der Waals surface area contributed by atoms with Crippen LogP contribution in [0.4, 0.5) is 5.69 Å². The molecular weight excluding hydrogens is 394 g/mol. The van der Waals surface area contributed by atoms with E-state index in [-0.39, 0.29) is 5.69 Å². The van der Waals surface area contributed by atoms with Gasteiger partial charge in [-0.05, 0) is 42.0 Å². The van der Waals surface area contributed by atoms with Crippen LogP contribution in [-0.2, 0) is 14.8 Å². The first-order valence-electron chi connectivity index (χ1n) is 8.61. The van der Waals surface area contributed by atoms with Gasteiger partial charge >= 0.3 is 0 Å². The summed E-state index contributed by atoms with van der Waals surface area (Å²) < 4.78 is 35.9. The molecular formula is C20H23N3O5S. The Morgan fingerprint density at radius 1 is 1.21 bits per heavy atom. The molecule has 0 aliphatic carbocycles. The Morgan fingerprint density at radius 2 is 1.90 bits per heavy atom. The summed E-state index contributed by atoms with van der Waals surface area (Å²) in [6, 6.07) is 13.6. The van der Waals surface area contributed by atoms with Crippen LogP contribution in [0.1, 0.15) is 5.56 Å². The molecule has 8 nitrogen and oxygen atoms in total. The minimum Gasteiger partial charge on any atom is -0.495 e. The zero-order valence-corrected chi connectivity index (χ0v) is 17.1. The minimum atomic E-state index is -3.72. The number of benzene rings is 2. The van der Waals surface area contributed by atoms with Crippen molar-refractivity contribution < 1.29 is 22.7 Å². The lowest BCUT2D eigenvalue weighted by Crippen LogP contribution is -2.39. The summed E-state index contributed by atoms with van der Waals surface area (Å²) in [6.45, 7) is 3.55. The first-order chi connectivity index (χ1) is 13.8. The molecule has 0 saturated carbocycles. The van der Waals surface area contributed by atoms with Gasteiger partial charge < -0.3 is 9.47 Å². The second-order valence-corrected chi connectivity index (χ2v) is 7.81. The fourth-order valence-electron chi connectivity index (χ4n) is 2.37. The molecule has 2 aromatic rings. The average Bonchev–Trinajstić information content (AvgIpc) is 2.70. The number of sulfonamides is 1. The van der Waals surface area contributed by atoms with E-state index in [9.17, 15) is 13.2 Å². The third kappa shape index (κ3) is 6.65. The lowest BCUT2D eigenvalue weighted by Gasteiger charge is -2.23. The molecule has 2 rings (SSSR count). The molecule has 0 aliphatic heterocycles. The highest BCUT2D eigenvalue weighted by molar-refractivity contribution is 7.92. The van der Waals surface area contributed by atoms with Crippen molar-refractivity contribution in [3.05, 3.63) is 66.7 Å². The number of hydrazone groups is 1. The highest BCUT2D eigenvalue weighted by atomic mass is 32.2. The molecule has 0 atom stereocenters. The fourth-order valence-corrected chi connectivity index (χ4v) is 3.23. The predicted molar refractivity (Wildman–Crippen MR) is 113 cm³/mol. The smallest absolute Gasteiger partial charge is 0.260 e. The van der Waals surface area contributed by atoms with E-state index in [1.54, 1.807) is 54.6 Å². The Hall–Kier alpha value is -3.33. The minimum absolute atomic E-state index is 0.270. The second-order valence-electron chi connectivity index (χ2n) is 5.90. The van der Waals surface area contributed by atoms with E-state index in [0.717, 1.165) is 16.1 Å². The molecule has 1 amide bonds. The normalized spacial score (nSPS) is 11.1. The van der Waals surface area contributed by atoms with E-state index in [2.05, 4.69) is 17.1 Å². The first kappa shape index (κ1) is 22.0. The van der Waals surface area contributed by atoms with E-state index in [1.807, 2.05) is 0 Å². The van der Waals surface area contributed by atoms with E-state index in [0.29, 0.717) is 18.1 Å². The van der Waals surface area contributed by atoms with Crippen molar-refractivity contribution in [2.24, 2.45) is 5.10 Å². The van der Waals surface area contributed by atoms with Crippen molar-refractivity contribution >= 4 is 27.8 Å². The van der Waals surface area contributed by atoms with Crippen LogP contribution in [-0.4, -0.2) is 47.1 Å². The molecule has 29 heavy (non-hydrogen) atoms. The Morgan fingerprint density at radius 3 is 2.52 bits per heavy atom. The van der Waals surface area contributed by atoms with Gasteiger partial charge in [-0.3, -0.25) is 9.10 Å². The van der Waals surface area contributed by atoms with Gasteiger partial charge in [-0.2, -0.15) is 5.10 Å². The van der Waals surface area contributed by atoms with Crippen LogP contribution in [0.25, 0.3) is 0 Å². The first-order valence-corrected chi connectivity index (χ1v) is 10.5. The van der Waals surface area contributed by atoms with Crippen molar-refractivity contribution in [2.75, 3.05) is 30.8 Å². The SMILES string of the molecule is C=CCOc1ccc(/C=N\NC(=O)CN(c2ccccc2OC)S(C)(=O)=O)cc1. The van der Waals surface area contributed by atoms with E-state index in [4.69, 9.17) is 9.47 Å². The Balaban J connectivity index is 2.03. The standard InChI is InChI=1S/C20H23N3O5S/c1-4-13-28-17-11-9-16(10-12-17)14-21-22-20(24)15-23(29(3,25)26)18-7-5-6-8-19(18)27-2/h4-12,14H,1,13,15H2,2-3H3,(H,22,24)/b21-14-. The molecule has 1 N–H and O–H groups in total. The molecule has 0 aromatic heterocycles. The number of methoxy groups -OCH3 is 1. The number of nitrogens with zero attached hydrogens (tertiary/aromatic N) is 2. The number of anilines is 1. The van der Waals surface area contributed by atoms with Gasteiger partial charge in [-0.1, -0.05) is 24.8 Å². The summed E-state index contributed by atoms with van der Waals surface area (Å²) in [5.41, 5.74) is 3.34. The highest BCUT2D eigenvalue weighted by Gasteiger charge is 2.23. The number of nitrogens with one attached hydrogen (secondary N) is 1. The van der Waals surface area contributed by atoms with Crippen LogP contribution in [0.3, 0.4) is 0 Å². The molecule has 0 unspecified atom stereocenters. The maximum Gasteiger partial charge on any atom is 0.260 e. The van der Waals surface area contributed by atoms with Crippen molar-refractivity contribution in [2.45, 2.75) is 0 Å². The topological polar surface area (TPSA) is 97.3 Å². The third-order valence-electron chi connectivity index (χ3n) is 3.69. The average molecular weight is 417 g/mol. The van der Waals surface area contributed by atoms with Crippen molar-refractivity contribution in [3.8, 4) is 11.5 Å². The van der Waals surface area contributed by atoms with Crippen molar-refractivity contribution in [1.82, 2.24) is 5.43 Å². The summed E-state index contributed by atoms with van der Waals surface area (Å²) in [5, 5.41) is 3.87. The maximum atomic E-state index is 12.2. The molecule has 0 bridgehead atoms. The Kier molecular flexibility index (Phi) is 7.79. The van der Waals surface area contributed by atoms with E-state index in [1.165, 1.54) is 13.3 Å². The molecule has 0 fully saturated rings. The monoisotopic (exact) mass is 417 g/mol. The van der Waals surface area contributed by atoms with Crippen LogP contribution in [0.2, 0.25) is 0 Å². The number of amides is 1. The molecule has 2 aromatic carbocycles. The van der Waals surface area contributed by atoms with Gasteiger partial charge in [0.2, 0.25) is 10.0 Å². The molecule has 0 radical (unpaired) electrons. The number of hydrogen-bond donors (Lipinski definition) is 1. The van der Waals surface area contributed by atoms with Crippen LogP contribution >= 0.6 is 0 Å². The summed E-state index contributed by atoms with van der Waals surface area (Å²) in [6.07, 6.45) is 4.12. The van der Waals surface area contributed by atoms with Crippen LogP contribution in [0.15, 0.2) is 66.3 Å². The van der Waals surface area contributed by atoms with Crippen LogP contribution < -0.4 is 19.2 Å². The molecule has 154 valence electrons. The van der Waals surface area contributed by atoms with Gasteiger partial charge in [0.05, 0.1) is 25.3 Å². The van der Waals surface area contributed by atoms with Crippen molar-refractivity contribution in [3.63, 3.8) is 0 Å². The van der Waals surface area contributed by atoms with Gasteiger partial charge in [0, 0.05) is 0 Å². The Labute approximate surface area is 170 Å². The molecule has 0 heterocycles. The van der Waals surface area contributed by atoms with Gasteiger partial charge in [0.25, 0.3) is 5.91 Å². The Bertz CT molecular complexity index is 972. The lowest BCUT2D eigenvalue weighted by molar-refractivity contribution is -0.119. The van der Waals surface area contributed by atoms with Gasteiger partial charge in [-0.25, -0.2) is 13.8 Å². The van der Waals surface area contributed by atoms with E-state index >= 15 is 0 Å². The number of ether oxygens (including phenoxy) is 2. The zero-order chi connectivity index (χ0) is 21.3. The van der Waals surface area contributed by atoms with Crippen LogP contribution in [0.5, 0.6) is 11.5 Å². The van der Waals surface area contributed by atoms with Gasteiger partial charge in [-0.15, -0.1) is 0 Å². The van der Waals surface area contributed by atoms with Crippen LogP contribution in [0, 0.1) is 0 Å². The third-order valence-corrected chi connectivity index (χ3v) is 4.82. The zero-order valence-electron chi connectivity index (χ0n) is 16.2. The highest BCUT2D eigenvalue weighted by Crippen LogP contribution is 2.29. The molecule has 0 saturated heterocycles. The summed E-state index contributed by atoms with van der Waals surface area (Å²) >= 11 is 0. The van der Waals surface area contributed by atoms with E-state index < -0.39 is 22.5 Å². The number of carbonyl (C=O) groups excluding carboxylic acids is 1. The summed E-state index contributed by atoms with van der Waals surface area (Å²) in [4.78, 5) is 12.2.